The van der Waals surface area contributed by atoms with Gasteiger partial charge in [-0.2, -0.15) is 23.5 Å². The van der Waals surface area contributed by atoms with Gasteiger partial charge < -0.3 is 5.32 Å². The quantitative estimate of drug-likeness (QED) is 0.838. The monoisotopic (exact) mass is 287 g/mol. The molecular formula is C15H29NS2. The van der Waals surface area contributed by atoms with E-state index in [1.165, 1.54) is 43.6 Å². The van der Waals surface area contributed by atoms with Gasteiger partial charge in [-0.25, -0.2) is 0 Å². The maximum atomic E-state index is 3.70. The second kappa shape index (κ2) is 7.44. The topological polar surface area (TPSA) is 12.0 Å². The van der Waals surface area contributed by atoms with Crippen LogP contribution in [0.4, 0.5) is 0 Å². The molecule has 2 aliphatic rings. The fourth-order valence-corrected chi connectivity index (χ4v) is 6.94. The highest BCUT2D eigenvalue weighted by atomic mass is 32.2. The Bertz CT molecular complexity index is 247. The summed E-state index contributed by atoms with van der Waals surface area (Å²) in [6.45, 7) is 4.83. The molecule has 3 heteroatoms. The number of hydrogen-bond donors (Lipinski definition) is 1. The third kappa shape index (κ3) is 3.40. The van der Waals surface area contributed by atoms with E-state index >= 15 is 0 Å². The average Bonchev–Trinajstić information content (AvgIpc) is 2.42. The van der Waals surface area contributed by atoms with Crippen LogP contribution >= 0.6 is 23.5 Å². The van der Waals surface area contributed by atoms with Crippen molar-refractivity contribution >= 4 is 23.5 Å². The van der Waals surface area contributed by atoms with Gasteiger partial charge in [0.1, 0.15) is 0 Å². The first-order valence-corrected chi connectivity index (χ1v) is 9.78. The van der Waals surface area contributed by atoms with Gasteiger partial charge in [-0.3, -0.25) is 0 Å². The van der Waals surface area contributed by atoms with Crippen LogP contribution in [-0.4, -0.2) is 35.1 Å². The Morgan fingerprint density at radius 3 is 2.56 bits per heavy atom. The second-order valence-corrected chi connectivity index (χ2v) is 8.61. The Labute approximate surface area is 122 Å². The highest BCUT2D eigenvalue weighted by Crippen LogP contribution is 2.41. The summed E-state index contributed by atoms with van der Waals surface area (Å²) in [6.07, 6.45) is 7.23. The Hall–Kier alpha value is 0.660. The van der Waals surface area contributed by atoms with E-state index in [0.717, 1.165) is 28.4 Å². The summed E-state index contributed by atoms with van der Waals surface area (Å²) in [5.41, 5.74) is 0. The lowest BCUT2D eigenvalue weighted by Gasteiger charge is -2.43. The number of nitrogens with one attached hydrogen (secondary N) is 1. The van der Waals surface area contributed by atoms with Crippen LogP contribution in [0, 0.1) is 11.8 Å². The largest absolute Gasteiger partial charge is 0.316 e. The minimum atomic E-state index is 0.739. The Kier molecular flexibility index (Phi) is 6.23. The van der Waals surface area contributed by atoms with Crippen molar-refractivity contribution in [3.8, 4) is 0 Å². The van der Waals surface area contributed by atoms with Crippen molar-refractivity contribution in [2.45, 2.75) is 62.5 Å². The number of thioether (sulfide) groups is 2. The predicted molar refractivity (Wildman–Crippen MR) is 86.8 cm³/mol. The van der Waals surface area contributed by atoms with Crippen molar-refractivity contribution in [3.05, 3.63) is 0 Å². The number of rotatable bonds is 4. The van der Waals surface area contributed by atoms with E-state index in [1.54, 1.807) is 0 Å². The molecule has 1 heterocycles. The molecule has 0 aromatic carbocycles. The molecule has 1 saturated carbocycles. The third-order valence-corrected chi connectivity index (χ3v) is 8.09. The van der Waals surface area contributed by atoms with Gasteiger partial charge in [0.05, 0.1) is 0 Å². The molecule has 0 spiro atoms. The molecule has 106 valence electrons. The average molecular weight is 288 g/mol. The lowest BCUT2D eigenvalue weighted by molar-refractivity contribution is 0.177. The van der Waals surface area contributed by atoms with E-state index in [4.69, 9.17) is 0 Å². The van der Waals surface area contributed by atoms with Crippen LogP contribution in [0.2, 0.25) is 0 Å². The predicted octanol–water partition coefficient (Wildman–Crippen LogP) is 4.03. The van der Waals surface area contributed by atoms with Gasteiger partial charge in [0.2, 0.25) is 0 Å². The zero-order valence-corrected chi connectivity index (χ0v) is 13.8. The fraction of sp³-hybridized carbons (Fsp3) is 1.00. The first-order valence-electron chi connectivity index (χ1n) is 7.68. The fourth-order valence-electron chi connectivity index (χ4n) is 3.88. The van der Waals surface area contributed by atoms with E-state index in [9.17, 15) is 0 Å². The lowest BCUT2D eigenvalue weighted by atomic mass is 9.73. The summed E-state index contributed by atoms with van der Waals surface area (Å²) >= 11 is 4.41. The Morgan fingerprint density at radius 1 is 1.17 bits per heavy atom. The maximum absolute atomic E-state index is 3.70. The van der Waals surface area contributed by atoms with Crippen LogP contribution in [0.1, 0.15) is 46.0 Å². The molecule has 0 radical (unpaired) electrons. The molecule has 5 atom stereocenters. The summed E-state index contributed by atoms with van der Waals surface area (Å²) in [5.74, 6) is 4.59. The highest BCUT2D eigenvalue weighted by Gasteiger charge is 2.38. The van der Waals surface area contributed by atoms with Crippen molar-refractivity contribution < 1.29 is 0 Å². The zero-order valence-electron chi connectivity index (χ0n) is 12.2. The van der Waals surface area contributed by atoms with Crippen LogP contribution in [0.5, 0.6) is 0 Å². The minimum Gasteiger partial charge on any atom is -0.316 e. The molecule has 18 heavy (non-hydrogen) atoms. The highest BCUT2D eigenvalue weighted by molar-refractivity contribution is 8.07. The molecule has 1 aliphatic heterocycles. The summed E-state index contributed by atoms with van der Waals surface area (Å²) in [7, 11) is 2.19. The Balaban J connectivity index is 2.05. The van der Waals surface area contributed by atoms with Crippen molar-refractivity contribution in [2.75, 3.05) is 18.6 Å². The molecule has 1 nitrogen and oxygen atoms in total. The van der Waals surface area contributed by atoms with E-state index in [-0.39, 0.29) is 0 Å². The van der Waals surface area contributed by atoms with Crippen LogP contribution in [0.15, 0.2) is 0 Å². The first kappa shape index (κ1) is 15.1. The summed E-state index contributed by atoms with van der Waals surface area (Å²) in [5, 5.41) is 5.35. The van der Waals surface area contributed by atoms with Gasteiger partial charge in [-0.15, -0.1) is 0 Å². The van der Waals surface area contributed by atoms with Crippen molar-refractivity contribution in [1.29, 1.82) is 0 Å². The molecule has 0 aromatic heterocycles. The van der Waals surface area contributed by atoms with Crippen molar-refractivity contribution in [1.82, 2.24) is 5.32 Å². The van der Waals surface area contributed by atoms with Crippen molar-refractivity contribution in [3.63, 3.8) is 0 Å². The molecule has 0 aromatic rings. The molecule has 0 amide bonds. The normalized spacial score (nSPS) is 39.5. The first-order chi connectivity index (χ1) is 8.77. The van der Waals surface area contributed by atoms with Gasteiger partial charge in [0, 0.05) is 28.0 Å². The number of hydrogen-bond acceptors (Lipinski definition) is 3. The van der Waals surface area contributed by atoms with Crippen LogP contribution in [-0.2, 0) is 0 Å². The summed E-state index contributed by atoms with van der Waals surface area (Å²) in [6, 6.07) is 0.739. The zero-order chi connectivity index (χ0) is 13.0. The molecule has 5 unspecified atom stereocenters. The minimum absolute atomic E-state index is 0.739. The van der Waals surface area contributed by atoms with Crippen LogP contribution in [0.25, 0.3) is 0 Å². The molecular weight excluding hydrogens is 258 g/mol. The molecule has 2 rings (SSSR count). The molecule has 0 bridgehead atoms. The third-order valence-electron chi connectivity index (χ3n) is 4.88. The molecule has 1 aliphatic carbocycles. The second-order valence-electron chi connectivity index (χ2n) is 5.84. The van der Waals surface area contributed by atoms with Gasteiger partial charge in [-0.1, -0.05) is 39.5 Å². The molecule has 1 saturated heterocycles. The van der Waals surface area contributed by atoms with Gasteiger partial charge >= 0.3 is 0 Å². The van der Waals surface area contributed by atoms with E-state index in [0.29, 0.717) is 0 Å². The Morgan fingerprint density at radius 2 is 1.89 bits per heavy atom. The SMILES string of the molecule is CCC1CCCCC1C(NC)C1SCCSC1C. The van der Waals surface area contributed by atoms with Gasteiger partial charge in [-0.05, 0) is 25.3 Å². The lowest BCUT2D eigenvalue weighted by Crippen LogP contribution is -2.50. The van der Waals surface area contributed by atoms with E-state index in [2.05, 4.69) is 49.7 Å². The molecule has 1 N–H and O–H groups in total. The van der Waals surface area contributed by atoms with Crippen molar-refractivity contribution in [2.24, 2.45) is 11.8 Å². The van der Waals surface area contributed by atoms with Crippen LogP contribution in [0.3, 0.4) is 0 Å². The molecule has 2 fully saturated rings. The maximum Gasteiger partial charge on any atom is 0.0320 e. The standard InChI is InChI=1S/C15H29NS2/c1-4-12-7-5-6-8-13(12)14(16-3)15-11(2)17-9-10-18-15/h11-16H,4-10H2,1-3H3. The smallest absolute Gasteiger partial charge is 0.0320 e. The van der Waals surface area contributed by atoms with Gasteiger partial charge in [0.25, 0.3) is 0 Å². The summed E-state index contributed by atoms with van der Waals surface area (Å²) < 4.78 is 0. The van der Waals surface area contributed by atoms with Crippen LogP contribution < -0.4 is 5.32 Å². The van der Waals surface area contributed by atoms with Gasteiger partial charge in [0.15, 0.2) is 0 Å². The van der Waals surface area contributed by atoms with E-state index in [1.807, 2.05) is 0 Å². The van der Waals surface area contributed by atoms with E-state index < -0.39 is 0 Å². The summed E-state index contributed by atoms with van der Waals surface area (Å²) in [4.78, 5) is 0.